The zero-order chi connectivity index (χ0) is 30.4. The molecule has 0 aliphatic heterocycles. The van der Waals surface area contributed by atoms with Gasteiger partial charge >= 0.3 is 11.9 Å². The highest BCUT2D eigenvalue weighted by Gasteiger charge is 2.52. The molecule has 42 heavy (non-hydrogen) atoms. The molecule has 222 valence electrons. The summed E-state index contributed by atoms with van der Waals surface area (Å²) in [6, 6.07) is 12.2. The summed E-state index contributed by atoms with van der Waals surface area (Å²) >= 11 is 0. The van der Waals surface area contributed by atoms with Gasteiger partial charge in [-0.1, -0.05) is 38.1 Å². The van der Waals surface area contributed by atoms with E-state index in [0.29, 0.717) is 12.8 Å². The smallest absolute Gasteiger partial charge is 0.328 e. The Bertz CT molecular complexity index is 1380. The van der Waals surface area contributed by atoms with Crippen LogP contribution in [0.15, 0.2) is 60.8 Å². The Morgan fingerprint density at radius 2 is 1.55 bits per heavy atom. The van der Waals surface area contributed by atoms with Gasteiger partial charge in [0.2, 0.25) is 6.79 Å². The van der Waals surface area contributed by atoms with Crippen molar-refractivity contribution in [2.24, 2.45) is 5.92 Å². The Hall–Kier alpha value is -4.54. The third-order valence-corrected chi connectivity index (χ3v) is 7.21. The lowest BCUT2D eigenvalue weighted by molar-refractivity contribution is -0.160. The number of rotatable bonds is 11. The molecule has 1 fully saturated rings. The van der Waals surface area contributed by atoms with Crippen molar-refractivity contribution in [3.8, 4) is 11.5 Å². The Balaban J connectivity index is 1.49. The molecule has 1 amide bonds. The van der Waals surface area contributed by atoms with Crippen LogP contribution in [0, 0.1) is 17.6 Å². The van der Waals surface area contributed by atoms with Crippen LogP contribution < -0.4 is 14.8 Å². The molecule has 2 atom stereocenters. The molecular weight excluding hydrogens is 550 g/mol. The number of hydrogen-bond acceptors (Lipinski definition) is 8. The monoisotopic (exact) mass is 582 g/mol. The van der Waals surface area contributed by atoms with Crippen molar-refractivity contribution in [3.05, 3.63) is 89.2 Å². The van der Waals surface area contributed by atoms with E-state index >= 15 is 0 Å². The summed E-state index contributed by atoms with van der Waals surface area (Å²) in [6.07, 6.45) is 1.77. The largest absolute Gasteiger partial charge is 0.493 e. The number of methoxy groups -OCH3 is 1. The van der Waals surface area contributed by atoms with E-state index in [0.717, 1.165) is 11.1 Å². The van der Waals surface area contributed by atoms with Crippen LogP contribution in [-0.2, 0) is 24.5 Å². The van der Waals surface area contributed by atoms with Gasteiger partial charge in [-0.15, -0.1) is 0 Å². The predicted molar refractivity (Wildman–Crippen MR) is 147 cm³/mol. The predicted octanol–water partition coefficient (Wildman–Crippen LogP) is 4.71. The average molecular weight is 583 g/mol. The molecule has 1 N–H and O–H groups in total. The number of benzene rings is 2. The first-order chi connectivity index (χ1) is 20.1. The molecule has 11 heteroatoms. The van der Waals surface area contributed by atoms with E-state index in [9.17, 15) is 23.2 Å². The van der Waals surface area contributed by atoms with Gasteiger partial charge in [0.25, 0.3) is 5.91 Å². The fraction of sp³-hybridized carbons (Fsp3) is 0.355. The number of esters is 2. The quantitative estimate of drug-likeness (QED) is 0.256. The van der Waals surface area contributed by atoms with Crippen LogP contribution in [0.2, 0.25) is 0 Å². The number of amides is 1. The van der Waals surface area contributed by atoms with Gasteiger partial charge in [-0.05, 0) is 55.2 Å². The molecule has 0 bridgehead atoms. The van der Waals surface area contributed by atoms with Crippen molar-refractivity contribution in [2.75, 3.05) is 13.9 Å². The molecule has 0 saturated heterocycles. The van der Waals surface area contributed by atoms with Crippen LogP contribution in [0.5, 0.6) is 11.5 Å². The van der Waals surface area contributed by atoms with Gasteiger partial charge in [-0.3, -0.25) is 9.59 Å². The Labute approximate surface area is 242 Å². The van der Waals surface area contributed by atoms with Gasteiger partial charge in [0.1, 0.15) is 23.8 Å². The molecule has 9 nitrogen and oxygen atoms in total. The van der Waals surface area contributed by atoms with E-state index in [-0.39, 0.29) is 23.1 Å². The molecular formula is C31H32F2N2O7. The van der Waals surface area contributed by atoms with E-state index in [1.807, 2.05) is 0 Å². The van der Waals surface area contributed by atoms with Gasteiger partial charge in [0.15, 0.2) is 17.2 Å². The summed E-state index contributed by atoms with van der Waals surface area (Å²) < 4.78 is 49.1. The molecule has 4 rings (SSSR count). The van der Waals surface area contributed by atoms with Gasteiger partial charge in [0, 0.05) is 12.3 Å². The number of carbonyl (C=O) groups is 3. The number of hydrogen-bond donors (Lipinski definition) is 1. The van der Waals surface area contributed by atoms with E-state index in [1.54, 1.807) is 38.1 Å². The second-order valence-corrected chi connectivity index (χ2v) is 10.2. The Morgan fingerprint density at radius 3 is 2.05 bits per heavy atom. The second-order valence-electron chi connectivity index (χ2n) is 10.2. The highest BCUT2D eigenvalue weighted by molar-refractivity contribution is 5.98. The van der Waals surface area contributed by atoms with Crippen LogP contribution in [0.3, 0.4) is 0 Å². The molecule has 1 aliphatic rings. The van der Waals surface area contributed by atoms with Crippen LogP contribution in [0.4, 0.5) is 8.78 Å². The van der Waals surface area contributed by atoms with Crippen molar-refractivity contribution in [2.45, 2.75) is 51.2 Å². The van der Waals surface area contributed by atoms with Crippen molar-refractivity contribution in [1.82, 2.24) is 10.3 Å². The van der Waals surface area contributed by atoms with E-state index < -0.39 is 53.8 Å². The van der Waals surface area contributed by atoms with Crippen molar-refractivity contribution in [1.29, 1.82) is 0 Å². The summed E-state index contributed by atoms with van der Waals surface area (Å²) in [4.78, 5) is 42.2. The summed E-state index contributed by atoms with van der Waals surface area (Å²) in [5.74, 6) is -3.05. The molecule has 1 aliphatic carbocycles. The Kier molecular flexibility index (Phi) is 9.39. The minimum absolute atomic E-state index is 0.0692. The summed E-state index contributed by atoms with van der Waals surface area (Å²) in [5, 5.41) is 2.56. The zero-order valence-electron chi connectivity index (χ0n) is 23.7. The Morgan fingerprint density at radius 1 is 0.952 bits per heavy atom. The van der Waals surface area contributed by atoms with Crippen LogP contribution in [0.25, 0.3) is 0 Å². The summed E-state index contributed by atoms with van der Waals surface area (Å²) in [6.45, 7) is 4.31. The SMILES string of the molecule is COc1ccnc(C(=O)N[C@@H](C)C(=O)OC2CCC2(c2ccc(F)cc2)c2ccc(F)cc2)c1OCOC(=O)C(C)C. The maximum absolute atomic E-state index is 13.7. The van der Waals surface area contributed by atoms with Crippen molar-refractivity contribution in [3.63, 3.8) is 0 Å². The number of nitrogens with one attached hydrogen (secondary N) is 1. The highest BCUT2D eigenvalue weighted by atomic mass is 19.1. The minimum Gasteiger partial charge on any atom is -0.493 e. The number of halogens is 2. The normalized spacial score (nSPS) is 16.1. The van der Waals surface area contributed by atoms with Crippen molar-refractivity contribution < 1.29 is 42.1 Å². The third kappa shape index (κ3) is 6.35. The lowest BCUT2D eigenvalue weighted by Crippen LogP contribution is -2.54. The molecule has 0 radical (unpaired) electrons. The first kappa shape index (κ1) is 30.4. The molecule has 0 spiro atoms. The molecule has 1 heterocycles. The molecule has 3 aromatic rings. The number of carbonyl (C=O) groups excluding carboxylic acids is 3. The lowest BCUT2D eigenvalue weighted by Gasteiger charge is -2.49. The van der Waals surface area contributed by atoms with Gasteiger partial charge in [-0.2, -0.15) is 0 Å². The van der Waals surface area contributed by atoms with Gasteiger partial charge in [0.05, 0.1) is 18.4 Å². The summed E-state index contributed by atoms with van der Waals surface area (Å²) in [5.41, 5.74) is 0.433. The number of pyridine rings is 1. The topological polar surface area (TPSA) is 113 Å². The number of ether oxygens (including phenoxy) is 4. The highest BCUT2D eigenvalue weighted by Crippen LogP contribution is 2.51. The number of nitrogens with zero attached hydrogens (tertiary/aromatic N) is 1. The van der Waals surface area contributed by atoms with Crippen molar-refractivity contribution >= 4 is 17.8 Å². The lowest BCUT2D eigenvalue weighted by atomic mass is 9.58. The van der Waals surface area contributed by atoms with Crippen LogP contribution >= 0.6 is 0 Å². The van der Waals surface area contributed by atoms with E-state index in [2.05, 4.69) is 10.3 Å². The zero-order valence-corrected chi connectivity index (χ0v) is 23.7. The fourth-order valence-electron chi connectivity index (χ4n) is 4.80. The van der Waals surface area contributed by atoms with Crippen LogP contribution in [-0.4, -0.2) is 48.9 Å². The average Bonchev–Trinajstić information content (AvgIpc) is 2.97. The second kappa shape index (κ2) is 13.0. The first-order valence-electron chi connectivity index (χ1n) is 13.4. The van der Waals surface area contributed by atoms with Crippen LogP contribution in [0.1, 0.15) is 55.2 Å². The van der Waals surface area contributed by atoms with E-state index in [4.69, 9.17) is 18.9 Å². The molecule has 2 aromatic carbocycles. The maximum atomic E-state index is 13.7. The minimum atomic E-state index is -1.10. The van der Waals surface area contributed by atoms with Gasteiger partial charge in [-0.25, -0.2) is 18.6 Å². The standard InChI is InChI=1S/C31H32F2N2O7/c1-18(2)29(37)41-17-40-27-24(39-4)14-16-34-26(27)28(36)35-19(3)30(38)42-25-13-15-31(25,20-5-9-22(32)10-6-20)21-7-11-23(33)12-8-21/h5-12,14,16,18-19,25H,13,15,17H2,1-4H3,(H,35,36)/t19-,25?/m0/s1. The van der Waals surface area contributed by atoms with E-state index in [1.165, 1.54) is 50.6 Å². The maximum Gasteiger partial charge on any atom is 0.328 e. The van der Waals surface area contributed by atoms with Gasteiger partial charge < -0.3 is 24.3 Å². The summed E-state index contributed by atoms with van der Waals surface area (Å²) in [7, 11) is 1.37. The molecule has 1 unspecified atom stereocenters. The third-order valence-electron chi connectivity index (χ3n) is 7.21. The molecule has 1 saturated carbocycles. The molecule has 1 aromatic heterocycles. The first-order valence-corrected chi connectivity index (χ1v) is 13.4. The number of aromatic nitrogens is 1. The fourth-order valence-corrected chi connectivity index (χ4v) is 4.80.